The minimum Gasteiger partial charge on any atom is -0.464 e. The standard InChI is InChI=1S/C15H18N2O3/c1-4-12-5-6-13(20-12)9-16-14-8-15(17(18)19)11(3)7-10(14)2/h5-8,16H,4,9H2,1-3H3. The van der Waals surface area contributed by atoms with Crippen LogP contribution in [0, 0.1) is 24.0 Å². The lowest BCUT2D eigenvalue weighted by molar-refractivity contribution is -0.385. The number of anilines is 1. The Morgan fingerprint density at radius 1 is 1.20 bits per heavy atom. The van der Waals surface area contributed by atoms with E-state index >= 15 is 0 Å². The van der Waals surface area contributed by atoms with Crippen LogP contribution >= 0.6 is 0 Å². The predicted molar refractivity (Wildman–Crippen MR) is 78.0 cm³/mol. The van der Waals surface area contributed by atoms with Crippen molar-refractivity contribution in [3.63, 3.8) is 0 Å². The Bertz CT molecular complexity index is 632. The van der Waals surface area contributed by atoms with Gasteiger partial charge in [0.05, 0.1) is 11.5 Å². The Labute approximate surface area is 117 Å². The lowest BCUT2D eigenvalue weighted by Crippen LogP contribution is -2.02. The van der Waals surface area contributed by atoms with Crippen molar-refractivity contribution in [3.05, 3.63) is 57.0 Å². The van der Waals surface area contributed by atoms with Crippen LogP contribution in [0.2, 0.25) is 0 Å². The number of nitrogens with one attached hydrogen (secondary N) is 1. The second-order valence-corrected chi connectivity index (χ2v) is 4.79. The van der Waals surface area contributed by atoms with Gasteiger partial charge in [-0.25, -0.2) is 0 Å². The van der Waals surface area contributed by atoms with E-state index in [0.29, 0.717) is 12.1 Å². The van der Waals surface area contributed by atoms with E-state index in [1.165, 1.54) is 0 Å². The van der Waals surface area contributed by atoms with Crippen molar-refractivity contribution in [1.82, 2.24) is 0 Å². The molecular formula is C15H18N2O3. The van der Waals surface area contributed by atoms with E-state index in [9.17, 15) is 10.1 Å². The highest BCUT2D eigenvalue weighted by atomic mass is 16.6. The second kappa shape index (κ2) is 5.77. The van der Waals surface area contributed by atoms with Gasteiger partial charge in [0, 0.05) is 23.7 Å². The molecule has 0 aliphatic heterocycles. The first-order valence-corrected chi connectivity index (χ1v) is 6.58. The van der Waals surface area contributed by atoms with Crippen LogP contribution in [0.15, 0.2) is 28.7 Å². The Kier molecular flexibility index (Phi) is 4.08. The van der Waals surface area contributed by atoms with Crippen molar-refractivity contribution in [3.8, 4) is 0 Å². The third-order valence-electron chi connectivity index (χ3n) is 3.26. The molecular weight excluding hydrogens is 256 g/mol. The number of hydrogen-bond donors (Lipinski definition) is 1. The highest BCUT2D eigenvalue weighted by molar-refractivity contribution is 5.60. The van der Waals surface area contributed by atoms with Gasteiger partial charge in [-0.15, -0.1) is 0 Å². The summed E-state index contributed by atoms with van der Waals surface area (Å²) < 4.78 is 5.60. The van der Waals surface area contributed by atoms with E-state index in [1.54, 1.807) is 13.0 Å². The summed E-state index contributed by atoms with van der Waals surface area (Å²) in [5.41, 5.74) is 2.54. The first-order chi connectivity index (χ1) is 9.51. The Balaban J connectivity index is 2.16. The molecule has 20 heavy (non-hydrogen) atoms. The summed E-state index contributed by atoms with van der Waals surface area (Å²) in [5.74, 6) is 1.76. The predicted octanol–water partition coefficient (Wildman–Crippen LogP) is 3.98. The average Bonchev–Trinajstić information content (AvgIpc) is 2.85. The summed E-state index contributed by atoms with van der Waals surface area (Å²) in [6.07, 6.45) is 0.856. The Morgan fingerprint density at radius 3 is 2.50 bits per heavy atom. The topological polar surface area (TPSA) is 68.3 Å². The van der Waals surface area contributed by atoms with Crippen molar-refractivity contribution >= 4 is 11.4 Å². The lowest BCUT2D eigenvalue weighted by atomic mass is 10.1. The number of furan rings is 1. The van der Waals surface area contributed by atoms with Crippen LogP contribution in [-0.4, -0.2) is 4.92 Å². The third kappa shape index (κ3) is 2.99. The highest BCUT2D eigenvalue weighted by Gasteiger charge is 2.13. The van der Waals surface area contributed by atoms with E-state index < -0.39 is 0 Å². The quantitative estimate of drug-likeness (QED) is 0.661. The molecule has 0 atom stereocenters. The molecule has 2 rings (SSSR count). The molecule has 0 radical (unpaired) electrons. The van der Waals surface area contributed by atoms with E-state index in [2.05, 4.69) is 5.32 Å². The monoisotopic (exact) mass is 274 g/mol. The normalized spacial score (nSPS) is 10.6. The highest BCUT2D eigenvalue weighted by Crippen LogP contribution is 2.26. The first kappa shape index (κ1) is 14.1. The first-order valence-electron chi connectivity index (χ1n) is 6.58. The van der Waals surface area contributed by atoms with E-state index in [0.717, 1.165) is 29.2 Å². The Hall–Kier alpha value is -2.30. The van der Waals surface area contributed by atoms with Gasteiger partial charge in [-0.2, -0.15) is 0 Å². The maximum absolute atomic E-state index is 11.0. The van der Waals surface area contributed by atoms with Gasteiger partial charge in [0.2, 0.25) is 0 Å². The van der Waals surface area contributed by atoms with Crippen LogP contribution in [0.25, 0.3) is 0 Å². The van der Waals surface area contributed by atoms with Crippen molar-refractivity contribution in [2.45, 2.75) is 33.7 Å². The molecule has 1 N–H and O–H groups in total. The van der Waals surface area contributed by atoms with E-state index in [-0.39, 0.29) is 10.6 Å². The molecule has 0 unspecified atom stereocenters. The maximum atomic E-state index is 11.0. The molecule has 0 spiro atoms. The summed E-state index contributed by atoms with van der Waals surface area (Å²) in [6, 6.07) is 7.26. The van der Waals surface area contributed by atoms with Crippen LogP contribution < -0.4 is 5.32 Å². The summed E-state index contributed by atoms with van der Waals surface area (Å²) in [7, 11) is 0. The molecule has 0 bridgehead atoms. The third-order valence-corrected chi connectivity index (χ3v) is 3.26. The zero-order valence-corrected chi connectivity index (χ0v) is 11.9. The number of benzene rings is 1. The van der Waals surface area contributed by atoms with Crippen molar-refractivity contribution < 1.29 is 9.34 Å². The minimum absolute atomic E-state index is 0.131. The van der Waals surface area contributed by atoms with E-state index in [1.807, 2.05) is 32.0 Å². The lowest BCUT2D eigenvalue weighted by Gasteiger charge is -2.09. The van der Waals surface area contributed by atoms with Crippen LogP contribution in [0.5, 0.6) is 0 Å². The van der Waals surface area contributed by atoms with E-state index in [4.69, 9.17) is 4.42 Å². The van der Waals surface area contributed by atoms with Crippen LogP contribution in [0.3, 0.4) is 0 Å². The smallest absolute Gasteiger partial charge is 0.274 e. The molecule has 1 heterocycles. The van der Waals surface area contributed by atoms with Gasteiger partial charge in [0.15, 0.2) is 0 Å². The molecule has 5 heteroatoms. The molecule has 106 valence electrons. The largest absolute Gasteiger partial charge is 0.464 e. The number of rotatable bonds is 5. The van der Waals surface area contributed by atoms with Gasteiger partial charge in [0.25, 0.3) is 5.69 Å². The molecule has 0 fully saturated rings. The van der Waals surface area contributed by atoms with Crippen molar-refractivity contribution in [2.75, 3.05) is 5.32 Å². The fourth-order valence-electron chi connectivity index (χ4n) is 2.12. The molecule has 1 aromatic heterocycles. The molecule has 0 saturated heterocycles. The number of nitrogens with zero attached hydrogens (tertiary/aromatic N) is 1. The van der Waals surface area contributed by atoms with Crippen molar-refractivity contribution in [2.24, 2.45) is 0 Å². The summed E-state index contributed by atoms with van der Waals surface area (Å²) in [6.45, 7) is 6.22. The zero-order chi connectivity index (χ0) is 14.7. The molecule has 0 saturated carbocycles. The number of nitro benzene ring substituents is 1. The number of hydrogen-bond acceptors (Lipinski definition) is 4. The summed E-state index contributed by atoms with van der Waals surface area (Å²) >= 11 is 0. The fourth-order valence-corrected chi connectivity index (χ4v) is 2.12. The van der Waals surface area contributed by atoms with Crippen molar-refractivity contribution in [1.29, 1.82) is 0 Å². The minimum atomic E-state index is -0.359. The fraction of sp³-hybridized carbons (Fsp3) is 0.333. The second-order valence-electron chi connectivity index (χ2n) is 4.79. The SMILES string of the molecule is CCc1ccc(CNc2cc([N+](=O)[O-])c(C)cc2C)o1. The maximum Gasteiger partial charge on any atom is 0.274 e. The molecule has 0 amide bonds. The molecule has 5 nitrogen and oxygen atoms in total. The summed E-state index contributed by atoms with van der Waals surface area (Å²) in [4.78, 5) is 10.6. The number of nitro groups is 1. The van der Waals surface area contributed by atoms with Gasteiger partial charge in [0.1, 0.15) is 11.5 Å². The summed E-state index contributed by atoms with van der Waals surface area (Å²) in [5, 5.41) is 14.2. The molecule has 2 aromatic rings. The van der Waals surface area contributed by atoms with Gasteiger partial charge < -0.3 is 9.73 Å². The Morgan fingerprint density at radius 2 is 1.90 bits per heavy atom. The number of aryl methyl sites for hydroxylation is 3. The van der Waals surface area contributed by atoms with Crippen LogP contribution in [-0.2, 0) is 13.0 Å². The van der Waals surface area contributed by atoms with Gasteiger partial charge in [-0.05, 0) is 37.6 Å². The van der Waals surface area contributed by atoms with Gasteiger partial charge in [-0.1, -0.05) is 6.92 Å². The van der Waals surface area contributed by atoms with Gasteiger partial charge >= 0.3 is 0 Å². The average molecular weight is 274 g/mol. The van der Waals surface area contributed by atoms with Crippen LogP contribution in [0.4, 0.5) is 11.4 Å². The molecule has 0 aliphatic carbocycles. The zero-order valence-electron chi connectivity index (χ0n) is 11.9. The van der Waals surface area contributed by atoms with Gasteiger partial charge in [-0.3, -0.25) is 10.1 Å². The molecule has 1 aromatic carbocycles. The van der Waals surface area contributed by atoms with Crippen LogP contribution in [0.1, 0.15) is 29.6 Å². The molecule has 0 aliphatic rings.